The van der Waals surface area contributed by atoms with Gasteiger partial charge >= 0.3 is 0 Å². The summed E-state index contributed by atoms with van der Waals surface area (Å²) in [6, 6.07) is 23.7. The summed E-state index contributed by atoms with van der Waals surface area (Å²) in [7, 11) is 0. The van der Waals surface area contributed by atoms with Gasteiger partial charge in [0.25, 0.3) is 0 Å². The summed E-state index contributed by atoms with van der Waals surface area (Å²) in [5.41, 5.74) is 3.24. The average Bonchev–Trinajstić information content (AvgIpc) is 3.17. The predicted molar refractivity (Wildman–Crippen MR) is 134 cm³/mol. The van der Waals surface area contributed by atoms with Gasteiger partial charge in [-0.05, 0) is 72.1 Å². The predicted octanol–water partition coefficient (Wildman–Crippen LogP) is 6.76. The van der Waals surface area contributed by atoms with E-state index in [9.17, 15) is 0 Å². The lowest BCUT2D eigenvalue weighted by Crippen LogP contribution is -1.97. The number of aromatic nitrogens is 3. The standard InChI is InChI=1S/C24H20BrClN4OS/c1-17-28-29-24(32-16-20-2-8-21(25)9-3-20)30(17)27-14-18-6-12-23(13-7-18)31-15-19-4-10-22(26)11-5-19/h2-14H,15-16H2,1H3/b27-14+. The molecule has 0 radical (unpaired) electrons. The van der Waals surface area contributed by atoms with Crippen molar-refractivity contribution < 1.29 is 4.74 Å². The number of halogens is 2. The molecular formula is C24H20BrClN4OS. The van der Waals surface area contributed by atoms with E-state index in [4.69, 9.17) is 16.3 Å². The van der Waals surface area contributed by atoms with Gasteiger partial charge in [-0.3, -0.25) is 0 Å². The molecule has 0 aliphatic carbocycles. The van der Waals surface area contributed by atoms with Gasteiger partial charge in [0.2, 0.25) is 5.16 Å². The molecule has 0 fully saturated rings. The van der Waals surface area contributed by atoms with Crippen molar-refractivity contribution in [1.82, 2.24) is 14.9 Å². The molecule has 0 spiro atoms. The minimum atomic E-state index is 0.490. The van der Waals surface area contributed by atoms with Gasteiger partial charge in [0.05, 0.1) is 6.21 Å². The minimum absolute atomic E-state index is 0.490. The molecule has 32 heavy (non-hydrogen) atoms. The van der Waals surface area contributed by atoms with Crippen LogP contribution in [0.5, 0.6) is 5.75 Å². The van der Waals surface area contributed by atoms with Crippen LogP contribution in [0.4, 0.5) is 0 Å². The van der Waals surface area contributed by atoms with Gasteiger partial charge in [0.1, 0.15) is 12.4 Å². The Labute approximate surface area is 204 Å². The zero-order chi connectivity index (χ0) is 22.3. The van der Waals surface area contributed by atoms with Crippen LogP contribution < -0.4 is 4.74 Å². The number of ether oxygens (including phenoxy) is 1. The van der Waals surface area contributed by atoms with Crippen molar-refractivity contribution in [3.05, 3.63) is 105 Å². The lowest BCUT2D eigenvalue weighted by atomic mass is 10.2. The normalized spacial score (nSPS) is 11.2. The van der Waals surface area contributed by atoms with E-state index < -0.39 is 0 Å². The number of hydrogen-bond acceptors (Lipinski definition) is 5. The Morgan fingerprint density at radius 2 is 1.66 bits per heavy atom. The molecule has 0 saturated carbocycles. The fourth-order valence-electron chi connectivity index (χ4n) is 2.81. The lowest BCUT2D eigenvalue weighted by molar-refractivity contribution is 0.306. The SMILES string of the molecule is Cc1nnc(SCc2ccc(Br)cc2)n1/N=C/c1ccc(OCc2ccc(Cl)cc2)cc1. The van der Waals surface area contributed by atoms with Crippen LogP contribution >= 0.6 is 39.3 Å². The minimum Gasteiger partial charge on any atom is -0.489 e. The number of hydrogen-bond donors (Lipinski definition) is 0. The highest BCUT2D eigenvalue weighted by molar-refractivity contribution is 9.10. The molecule has 0 amide bonds. The summed E-state index contributed by atoms with van der Waals surface area (Å²) in [5, 5.41) is 14.5. The third-order valence-electron chi connectivity index (χ3n) is 4.57. The Balaban J connectivity index is 1.37. The number of nitrogens with zero attached hydrogens (tertiary/aromatic N) is 4. The largest absolute Gasteiger partial charge is 0.489 e. The molecule has 0 unspecified atom stereocenters. The molecule has 162 valence electrons. The molecule has 0 bridgehead atoms. The van der Waals surface area contributed by atoms with Crippen LogP contribution in [0.3, 0.4) is 0 Å². The maximum atomic E-state index is 5.92. The molecule has 1 aromatic heterocycles. The monoisotopic (exact) mass is 526 g/mol. The van der Waals surface area contributed by atoms with E-state index in [1.165, 1.54) is 5.56 Å². The first-order valence-corrected chi connectivity index (χ1v) is 12.0. The van der Waals surface area contributed by atoms with E-state index in [1.807, 2.05) is 67.6 Å². The van der Waals surface area contributed by atoms with Crippen molar-refractivity contribution in [3.63, 3.8) is 0 Å². The Morgan fingerprint density at radius 3 is 2.38 bits per heavy atom. The van der Waals surface area contributed by atoms with Gasteiger partial charge in [0, 0.05) is 15.2 Å². The molecule has 1 heterocycles. The first-order valence-electron chi connectivity index (χ1n) is 9.88. The fourth-order valence-corrected chi connectivity index (χ4v) is 4.09. The molecular weight excluding hydrogens is 508 g/mol. The maximum absolute atomic E-state index is 5.92. The van der Waals surface area contributed by atoms with E-state index in [1.54, 1.807) is 22.7 Å². The highest BCUT2D eigenvalue weighted by Crippen LogP contribution is 2.23. The molecule has 5 nitrogen and oxygen atoms in total. The fraction of sp³-hybridized carbons (Fsp3) is 0.125. The second kappa shape index (κ2) is 10.8. The summed E-state index contributed by atoms with van der Waals surface area (Å²) in [6.07, 6.45) is 1.79. The molecule has 0 aliphatic rings. The number of rotatable bonds is 8. The molecule has 4 aromatic rings. The Bertz CT molecular complexity index is 1190. The first-order chi connectivity index (χ1) is 15.6. The van der Waals surface area contributed by atoms with Gasteiger partial charge in [-0.15, -0.1) is 10.2 Å². The summed E-state index contributed by atoms with van der Waals surface area (Å²) in [6.45, 7) is 2.38. The average molecular weight is 528 g/mol. The van der Waals surface area contributed by atoms with Crippen molar-refractivity contribution in [2.45, 2.75) is 24.4 Å². The second-order valence-corrected chi connectivity index (χ2v) is 9.28. The molecule has 0 N–H and O–H groups in total. The third kappa shape index (κ3) is 6.22. The Morgan fingerprint density at radius 1 is 0.969 bits per heavy atom. The van der Waals surface area contributed by atoms with E-state index in [0.29, 0.717) is 6.61 Å². The van der Waals surface area contributed by atoms with Crippen molar-refractivity contribution in [1.29, 1.82) is 0 Å². The quantitative estimate of drug-likeness (QED) is 0.188. The van der Waals surface area contributed by atoms with Gasteiger partial charge in [-0.25, -0.2) is 0 Å². The lowest BCUT2D eigenvalue weighted by Gasteiger charge is -2.07. The summed E-state index contributed by atoms with van der Waals surface area (Å²) in [5.74, 6) is 2.33. The second-order valence-electron chi connectivity index (χ2n) is 6.99. The van der Waals surface area contributed by atoms with E-state index in [0.717, 1.165) is 43.1 Å². The topological polar surface area (TPSA) is 52.3 Å². The first kappa shape index (κ1) is 22.6. The molecule has 0 saturated heterocycles. The van der Waals surface area contributed by atoms with Gasteiger partial charge in [0.15, 0.2) is 5.82 Å². The van der Waals surface area contributed by atoms with Crippen molar-refractivity contribution in [2.75, 3.05) is 0 Å². The van der Waals surface area contributed by atoms with Crippen molar-refractivity contribution >= 4 is 45.5 Å². The van der Waals surface area contributed by atoms with Crippen molar-refractivity contribution in [3.8, 4) is 5.75 Å². The molecule has 0 aliphatic heterocycles. The zero-order valence-corrected chi connectivity index (χ0v) is 20.4. The van der Waals surface area contributed by atoms with Crippen LogP contribution in [-0.2, 0) is 12.4 Å². The summed E-state index contributed by atoms with van der Waals surface area (Å²) >= 11 is 11.0. The van der Waals surface area contributed by atoms with Crippen LogP contribution in [0.25, 0.3) is 0 Å². The number of aryl methyl sites for hydroxylation is 1. The summed E-state index contributed by atoms with van der Waals surface area (Å²) in [4.78, 5) is 0. The number of thioether (sulfide) groups is 1. The maximum Gasteiger partial charge on any atom is 0.212 e. The van der Waals surface area contributed by atoms with Crippen LogP contribution in [0.1, 0.15) is 22.5 Å². The molecule has 4 rings (SSSR count). The Hall–Kier alpha value is -2.61. The highest BCUT2D eigenvalue weighted by Gasteiger charge is 2.09. The van der Waals surface area contributed by atoms with Crippen LogP contribution in [0, 0.1) is 6.92 Å². The van der Waals surface area contributed by atoms with E-state index in [2.05, 4.69) is 43.4 Å². The molecule has 0 atom stereocenters. The van der Waals surface area contributed by atoms with Crippen LogP contribution in [0.2, 0.25) is 5.02 Å². The van der Waals surface area contributed by atoms with E-state index >= 15 is 0 Å². The van der Waals surface area contributed by atoms with Gasteiger partial charge in [-0.1, -0.05) is 63.6 Å². The Kier molecular flexibility index (Phi) is 7.63. The summed E-state index contributed by atoms with van der Waals surface area (Å²) < 4.78 is 8.66. The van der Waals surface area contributed by atoms with Crippen LogP contribution in [-0.4, -0.2) is 21.1 Å². The van der Waals surface area contributed by atoms with E-state index in [-0.39, 0.29) is 0 Å². The highest BCUT2D eigenvalue weighted by atomic mass is 79.9. The zero-order valence-electron chi connectivity index (χ0n) is 17.3. The van der Waals surface area contributed by atoms with Gasteiger partial charge in [-0.2, -0.15) is 9.78 Å². The van der Waals surface area contributed by atoms with Gasteiger partial charge < -0.3 is 4.74 Å². The smallest absolute Gasteiger partial charge is 0.212 e. The van der Waals surface area contributed by atoms with Crippen LogP contribution in [0.15, 0.2) is 87.5 Å². The van der Waals surface area contributed by atoms with Crippen molar-refractivity contribution in [2.24, 2.45) is 5.10 Å². The number of benzene rings is 3. The molecule has 8 heteroatoms. The third-order valence-corrected chi connectivity index (χ3v) is 6.34. The molecule has 3 aromatic carbocycles.